The van der Waals surface area contributed by atoms with Crippen LogP contribution in [-0.4, -0.2) is 9.97 Å². The van der Waals surface area contributed by atoms with Crippen molar-refractivity contribution in [3.8, 4) is 11.1 Å². The van der Waals surface area contributed by atoms with Crippen LogP contribution in [0.3, 0.4) is 0 Å². The van der Waals surface area contributed by atoms with Crippen molar-refractivity contribution < 1.29 is 0 Å². The predicted molar refractivity (Wildman–Crippen MR) is 83.7 cm³/mol. The molecular formula is C18H18N2. The summed E-state index contributed by atoms with van der Waals surface area (Å²) >= 11 is 0. The van der Waals surface area contributed by atoms with Crippen molar-refractivity contribution in [2.45, 2.75) is 26.2 Å². The molecule has 0 radical (unpaired) electrons. The van der Waals surface area contributed by atoms with Crippen LogP contribution in [0.5, 0.6) is 0 Å². The molecule has 2 heterocycles. The highest BCUT2D eigenvalue weighted by atomic mass is 14.7. The van der Waals surface area contributed by atoms with Crippen molar-refractivity contribution in [1.82, 2.24) is 9.97 Å². The van der Waals surface area contributed by atoms with Gasteiger partial charge in [-0.3, -0.25) is 9.97 Å². The Morgan fingerprint density at radius 1 is 0.850 bits per heavy atom. The Morgan fingerprint density at radius 3 is 2.35 bits per heavy atom. The van der Waals surface area contributed by atoms with E-state index in [0.29, 0.717) is 0 Å². The van der Waals surface area contributed by atoms with Crippen molar-refractivity contribution in [2.24, 2.45) is 0 Å². The Kier molecular flexibility index (Phi) is 3.01. The monoisotopic (exact) mass is 262 g/mol. The van der Waals surface area contributed by atoms with E-state index >= 15 is 0 Å². The fourth-order valence-electron chi connectivity index (χ4n) is 2.25. The number of nitrogens with zero attached hydrogens (tertiary/aromatic N) is 2. The Labute approximate surface area is 119 Å². The number of benzene rings is 1. The van der Waals surface area contributed by atoms with Gasteiger partial charge in [0.25, 0.3) is 0 Å². The molecule has 0 amide bonds. The summed E-state index contributed by atoms with van der Waals surface area (Å²) in [6.45, 7) is 6.53. The van der Waals surface area contributed by atoms with Gasteiger partial charge in [-0.25, -0.2) is 0 Å². The van der Waals surface area contributed by atoms with E-state index in [2.05, 4.69) is 67.1 Å². The van der Waals surface area contributed by atoms with E-state index in [4.69, 9.17) is 0 Å². The molecule has 1 aromatic carbocycles. The molecule has 2 heteroatoms. The second kappa shape index (κ2) is 4.71. The molecule has 2 aromatic heterocycles. The summed E-state index contributed by atoms with van der Waals surface area (Å²) in [5, 5.41) is 1.16. The minimum atomic E-state index is 0.0868. The van der Waals surface area contributed by atoms with Gasteiger partial charge in [-0.15, -0.1) is 0 Å². The molecule has 0 aliphatic heterocycles. The summed E-state index contributed by atoms with van der Waals surface area (Å²) in [5.41, 5.74) is 4.50. The minimum Gasteiger partial charge on any atom is -0.260 e. The summed E-state index contributed by atoms with van der Waals surface area (Å²) < 4.78 is 0. The first-order valence-electron chi connectivity index (χ1n) is 6.86. The predicted octanol–water partition coefficient (Wildman–Crippen LogP) is 4.59. The molecule has 0 atom stereocenters. The van der Waals surface area contributed by atoms with Crippen LogP contribution in [0.15, 0.2) is 54.9 Å². The number of aromatic nitrogens is 2. The molecule has 0 aliphatic carbocycles. The standard InChI is InChI=1S/C18H18N2/c1-18(2,3)17-9-8-15(12-20-17)14-7-6-13-5-4-10-19-16(13)11-14/h4-12H,1-3H3. The van der Waals surface area contributed by atoms with Crippen LogP contribution in [0.25, 0.3) is 22.0 Å². The lowest BCUT2D eigenvalue weighted by atomic mass is 9.91. The molecule has 20 heavy (non-hydrogen) atoms. The van der Waals surface area contributed by atoms with Crippen molar-refractivity contribution >= 4 is 10.9 Å². The molecule has 0 bridgehead atoms. The average molecular weight is 262 g/mol. The van der Waals surface area contributed by atoms with Crippen molar-refractivity contribution in [1.29, 1.82) is 0 Å². The van der Waals surface area contributed by atoms with Gasteiger partial charge in [-0.2, -0.15) is 0 Å². The Balaban J connectivity index is 2.02. The van der Waals surface area contributed by atoms with Crippen molar-refractivity contribution in [3.63, 3.8) is 0 Å². The number of rotatable bonds is 1. The van der Waals surface area contributed by atoms with Crippen LogP contribution >= 0.6 is 0 Å². The highest BCUT2D eigenvalue weighted by Gasteiger charge is 2.14. The van der Waals surface area contributed by atoms with E-state index < -0.39 is 0 Å². The second-order valence-corrected chi connectivity index (χ2v) is 6.09. The molecule has 0 fully saturated rings. The molecule has 3 rings (SSSR count). The largest absolute Gasteiger partial charge is 0.260 e. The van der Waals surface area contributed by atoms with E-state index in [1.165, 1.54) is 0 Å². The molecule has 0 unspecified atom stereocenters. The molecule has 0 saturated heterocycles. The highest BCUT2D eigenvalue weighted by Crippen LogP contribution is 2.25. The maximum absolute atomic E-state index is 4.59. The van der Waals surface area contributed by atoms with Gasteiger partial charge >= 0.3 is 0 Å². The van der Waals surface area contributed by atoms with Crippen molar-refractivity contribution in [2.75, 3.05) is 0 Å². The van der Waals surface area contributed by atoms with Gasteiger partial charge in [0.05, 0.1) is 5.52 Å². The first-order valence-corrected chi connectivity index (χ1v) is 6.86. The minimum absolute atomic E-state index is 0.0868. The first-order chi connectivity index (χ1) is 9.54. The van der Waals surface area contributed by atoms with Crippen LogP contribution in [0.2, 0.25) is 0 Å². The van der Waals surface area contributed by atoms with Gasteiger partial charge in [0, 0.05) is 34.5 Å². The molecule has 0 spiro atoms. The lowest BCUT2D eigenvalue weighted by molar-refractivity contribution is 0.569. The van der Waals surface area contributed by atoms with Crippen LogP contribution in [-0.2, 0) is 5.41 Å². The van der Waals surface area contributed by atoms with Gasteiger partial charge in [-0.1, -0.05) is 45.0 Å². The average Bonchev–Trinajstić information content (AvgIpc) is 2.46. The van der Waals surface area contributed by atoms with Gasteiger partial charge in [0.2, 0.25) is 0 Å². The zero-order valence-corrected chi connectivity index (χ0v) is 12.1. The molecule has 0 aliphatic rings. The molecular weight excluding hydrogens is 244 g/mol. The third kappa shape index (κ3) is 2.42. The zero-order chi connectivity index (χ0) is 14.2. The van der Waals surface area contributed by atoms with Gasteiger partial charge in [-0.05, 0) is 23.8 Å². The summed E-state index contributed by atoms with van der Waals surface area (Å²) in [6.07, 6.45) is 3.78. The summed E-state index contributed by atoms with van der Waals surface area (Å²) in [4.78, 5) is 8.99. The van der Waals surface area contributed by atoms with Crippen LogP contribution in [0, 0.1) is 0 Å². The molecule has 100 valence electrons. The number of hydrogen-bond acceptors (Lipinski definition) is 2. The van der Waals surface area contributed by atoms with Crippen molar-refractivity contribution in [3.05, 3.63) is 60.6 Å². The van der Waals surface area contributed by atoms with E-state index in [0.717, 1.165) is 27.7 Å². The number of hydrogen-bond donors (Lipinski definition) is 0. The Morgan fingerprint density at radius 2 is 1.65 bits per heavy atom. The highest BCUT2D eigenvalue weighted by molar-refractivity contribution is 5.83. The molecule has 2 nitrogen and oxygen atoms in total. The lowest BCUT2D eigenvalue weighted by Crippen LogP contribution is -2.12. The van der Waals surface area contributed by atoms with Crippen LogP contribution in [0.1, 0.15) is 26.5 Å². The summed E-state index contributed by atoms with van der Waals surface area (Å²) in [6, 6.07) is 14.6. The fourth-order valence-corrected chi connectivity index (χ4v) is 2.25. The fraction of sp³-hybridized carbons (Fsp3) is 0.222. The van der Waals surface area contributed by atoms with Gasteiger partial charge in [0.15, 0.2) is 0 Å². The third-order valence-corrected chi connectivity index (χ3v) is 3.47. The SMILES string of the molecule is CC(C)(C)c1ccc(-c2ccc3cccnc3c2)cn1. The van der Waals surface area contributed by atoms with E-state index in [1.54, 1.807) is 0 Å². The quantitative estimate of drug-likeness (QED) is 0.640. The molecule has 3 aromatic rings. The van der Waals surface area contributed by atoms with Crippen LogP contribution < -0.4 is 0 Å². The Bertz CT molecular complexity index is 737. The number of pyridine rings is 2. The summed E-state index contributed by atoms with van der Waals surface area (Å²) in [5.74, 6) is 0. The maximum Gasteiger partial charge on any atom is 0.0708 e. The summed E-state index contributed by atoms with van der Waals surface area (Å²) in [7, 11) is 0. The zero-order valence-electron chi connectivity index (χ0n) is 12.1. The Hall–Kier alpha value is -2.22. The lowest BCUT2D eigenvalue weighted by Gasteiger charge is -2.17. The molecule has 0 saturated carbocycles. The van der Waals surface area contributed by atoms with E-state index in [9.17, 15) is 0 Å². The van der Waals surface area contributed by atoms with E-state index in [1.807, 2.05) is 18.5 Å². The van der Waals surface area contributed by atoms with E-state index in [-0.39, 0.29) is 5.41 Å². The topological polar surface area (TPSA) is 25.8 Å². The second-order valence-electron chi connectivity index (χ2n) is 6.09. The smallest absolute Gasteiger partial charge is 0.0708 e. The maximum atomic E-state index is 4.59. The number of fused-ring (bicyclic) bond motifs is 1. The first kappa shape index (κ1) is 12.8. The van der Waals surface area contributed by atoms with Gasteiger partial charge in [0.1, 0.15) is 0 Å². The third-order valence-electron chi connectivity index (χ3n) is 3.47. The van der Waals surface area contributed by atoms with Gasteiger partial charge < -0.3 is 0 Å². The normalized spacial score (nSPS) is 11.8. The molecule has 0 N–H and O–H groups in total. The van der Waals surface area contributed by atoms with Crippen LogP contribution in [0.4, 0.5) is 0 Å².